The molecule has 0 saturated heterocycles. The summed E-state index contributed by atoms with van der Waals surface area (Å²) in [6, 6.07) is 13.8. The molecule has 0 bridgehead atoms. The number of carbonyl (C=O) groups is 1. The molecule has 0 atom stereocenters. The van der Waals surface area contributed by atoms with Gasteiger partial charge in [0.05, 0.1) is 26.5 Å². The van der Waals surface area contributed by atoms with Crippen molar-refractivity contribution in [1.29, 1.82) is 0 Å². The number of fused-ring (bicyclic) bond motifs is 1. The molecule has 5 heteroatoms. The summed E-state index contributed by atoms with van der Waals surface area (Å²) >= 11 is 0. The van der Waals surface area contributed by atoms with Crippen molar-refractivity contribution in [2.24, 2.45) is 0 Å². The highest BCUT2D eigenvalue weighted by atomic mass is 16.6. The minimum Gasteiger partial charge on any atom is -0.493 e. The fourth-order valence-electron chi connectivity index (χ4n) is 3.12. The van der Waals surface area contributed by atoms with Crippen LogP contribution in [0.2, 0.25) is 0 Å². The van der Waals surface area contributed by atoms with Crippen molar-refractivity contribution in [3.63, 3.8) is 0 Å². The van der Waals surface area contributed by atoms with Crippen LogP contribution in [0.3, 0.4) is 0 Å². The van der Waals surface area contributed by atoms with Crippen LogP contribution in [0, 0.1) is 0 Å². The van der Waals surface area contributed by atoms with Gasteiger partial charge in [0.2, 0.25) is 0 Å². The Balaban J connectivity index is 2.13. The number of methoxy groups -OCH3 is 2. The second kappa shape index (κ2) is 7.95. The van der Waals surface area contributed by atoms with Crippen molar-refractivity contribution in [3.05, 3.63) is 59.2 Å². The van der Waals surface area contributed by atoms with Gasteiger partial charge >= 0.3 is 6.09 Å². The van der Waals surface area contributed by atoms with Crippen molar-refractivity contribution < 1.29 is 19.0 Å². The topological polar surface area (TPSA) is 48.0 Å². The van der Waals surface area contributed by atoms with Crippen LogP contribution < -0.4 is 9.47 Å². The monoisotopic (exact) mass is 353 g/mol. The SMILES string of the molecule is CCOC(=O)N1CCc2cc(OC)c(OC)cc2/C1=C\c1ccccc1. The van der Waals surface area contributed by atoms with E-state index in [0.29, 0.717) is 24.7 Å². The molecular weight excluding hydrogens is 330 g/mol. The molecule has 0 saturated carbocycles. The standard InChI is InChI=1S/C21H23NO4/c1-4-26-21(23)22-11-10-16-13-19(24-2)20(25-3)14-17(16)18(22)12-15-8-6-5-7-9-15/h5-9,12-14H,4,10-11H2,1-3H3/b18-12+. The molecule has 26 heavy (non-hydrogen) atoms. The van der Waals surface area contributed by atoms with E-state index in [1.807, 2.05) is 55.5 Å². The number of ether oxygens (including phenoxy) is 3. The predicted molar refractivity (Wildman–Crippen MR) is 101 cm³/mol. The third-order valence-electron chi connectivity index (χ3n) is 4.37. The van der Waals surface area contributed by atoms with Gasteiger partial charge in [-0.1, -0.05) is 30.3 Å². The average Bonchev–Trinajstić information content (AvgIpc) is 2.68. The number of benzene rings is 2. The largest absolute Gasteiger partial charge is 0.493 e. The predicted octanol–water partition coefficient (Wildman–Crippen LogP) is 4.22. The lowest BCUT2D eigenvalue weighted by molar-refractivity contribution is 0.125. The molecule has 0 unspecified atom stereocenters. The highest BCUT2D eigenvalue weighted by molar-refractivity contribution is 5.92. The molecule has 1 heterocycles. The maximum atomic E-state index is 12.5. The maximum Gasteiger partial charge on any atom is 0.414 e. The van der Waals surface area contributed by atoms with Gasteiger partial charge < -0.3 is 14.2 Å². The van der Waals surface area contributed by atoms with E-state index in [4.69, 9.17) is 14.2 Å². The summed E-state index contributed by atoms with van der Waals surface area (Å²) in [4.78, 5) is 14.2. The van der Waals surface area contributed by atoms with E-state index >= 15 is 0 Å². The summed E-state index contributed by atoms with van der Waals surface area (Å²) < 4.78 is 16.1. The molecule has 0 spiro atoms. The fraction of sp³-hybridized carbons (Fsp3) is 0.286. The number of rotatable bonds is 4. The smallest absolute Gasteiger partial charge is 0.414 e. The molecule has 0 aromatic heterocycles. The molecule has 3 rings (SSSR count). The fourth-order valence-corrected chi connectivity index (χ4v) is 3.12. The Bertz CT molecular complexity index is 814. The van der Waals surface area contributed by atoms with E-state index in [9.17, 15) is 4.79 Å². The molecule has 2 aromatic carbocycles. The van der Waals surface area contributed by atoms with Gasteiger partial charge in [0.1, 0.15) is 0 Å². The first-order valence-electron chi connectivity index (χ1n) is 8.64. The molecule has 2 aromatic rings. The van der Waals surface area contributed by atoms with E-state index in [2.05, 4.69) is 0 Å². The van der Waals surface area contributed by atoms with E-state index in [0.717, 1.165) is 28.8 Å². The van der Waals surface area contributed by atoms with Crippen molar-refractivity contribution in [2.75, 3.05) is 27.4 Å². The zero-order chi connectivity index (χ0) is 18.5. The van der Waals surface area contributed by atoms with Crippen LogP contribution in [0.15, 0.2) is 42.5 Å². The Morgan fingerprint density at radius 1 is 1.12 bits per heavy atom. The summed E-state index contributed by atoms with van der Waals surface area (Å²) in [5.74, 6) is 1.32. The molecular formula is C21H23NO4. The Labute approximate surface area is 153 Å². The van der Waals surface area contributed by atoms with Crippen molar-refractivity contribution in [2.45, 2.75) is 13.3 Å². The van der Waals surface area contributed by atoms with Crippen LogP contribution in [0.5, 0.6) is 11.5 Å². The zero-order valence-corrected chi connectivity index (χ0v) is 15.3. The van der Waals surface area contributed by atoms with E-state index in [1.165, 1.54) is 0 Å². The first kappa shape index (κ1) is 17.9. The van der Waals surface area contributed by atoms with Crippen LogP contribution in [-0.2, 0) is 11.2 Å². The van der Waals surface area contributed by atoms with Gasteiger partial charge in [-0.3, -0.25) is 4.90 Å². The number of amides is 1. The molecule has 0 radical (unpaired) electrons. The number of hydrogen-bond donors (Lipinski definition) is 0. The minimum atomic E-state index is -0.338. The maximum absolute atomic E-state index is 12.5. The van der Waals surface area contributed by atoms with Gasteiger partial charge in [-0.25, -0.2) is 4.79 Å². The van der Waals surface area contributed by atoms with Gasteiger partial charge in [-0.05, 0) is 42.7 Å². The summed E-state index contributed by atoms with van der Waals surface area (Å²) in [5, 5.41) is 0. The molecule has 5 nitrogen and oxygen atoms in total. The summed E-state index contributed by atoms with van der Waals surface area (Å²) in [6.07, 6.45) is 2.39. The number of carbonyl (C=O) groups excluding carboxylic acids is 1. The quantitative estimate of drug-likeness (QED) is 0.826. The van der Waals surface area contributed by atoms with Gasteiger partial charge in [-0.2, -0.15) is 0 Å². The second-order valence-electron chi connectivity index (χ2n) is 5.91. The first-order chi connectivity index (χ1) is 12.7. The summed E-state index contributed by atoms with van der Waals surface area (Å²) in [6.45, 7) is 2.71. The Morgan fingerprint density at radius 2 is 1.81 bits per heavy atom. The Hall–Kier alpha value is -2.95. The highest BCUT2D eigenvalue weighted by Crippen LogP contribution is 2.38. The van der Waals surface area contributed by atoms with Gasteiger partial charge in [0, 0.05) is 12.1 Å². The van der Waals surface area contributed by atoms with Crippen molar-refractivity contribution >= 4 is 17.9 Å². The third kappa shape index (κ3) is 3.52. The lowest BCUT2D eigenvalue weighted by Crippen LogP contribution is -2.35. The highest BCUT2D eigenvalue weighted by Gasteiger charge is 2.28. The van der Waals surface area contributed by atoms with Crippen LogP contribution >= 0.6 is 0 Å². The number of hydrogen-bond acceptors (Lipinski definition) is 4. The molecule has 1 aliphatic rings. The molecule has 136 valence electrons. The van der Waals surface area contributed by atoms with Crippen LogP contribution in [0.1, 0.15) is 23.6 Å². The van der Waals surface area contributed by atoms with Crippen molar-refractivity contribution in [1.82, 2.24) is 4.90 Å². The lowest BCUT2D eigenvalue weighted by atomic mass is 9.94. The van der Waals surface area contributed by atoms with Gasteiger partial charge in [0.25, 0.3) is 0 Å². The van der Waals surface area contributed by atoms with E-state index < -0.39 is 0 Å². The summed E-state index contributed by atoms with van der Waals surface area (Å²) in [5.41, 5.74) is 3.88. The number of nitrogens with zero attached hydrogens (tertiary/aromatic N) is 1. The average molecular weight is 353 g/mol. The second-order valence-corrected chi connectivity index (χ2v) is 5.91. The molecule has 1 aliphatic heterocycles. The van der Waals surface area contributed by atoms with Crippen molar-refractivity contribution in [3.8, 4) is 11.5 Å². The van der Waals surface area contributed by atoms with Gasteiger partial charge in [0.15, 0.2) is 11.5 Å². The summed E-state index contributed by atoms with van der Waals surface area (Å²) in [7, 11) is 3.23. The first-order valence-corrected chi connectivity index (χ1v) is 8.64. The van der Waals surface area contributed by atoms with Gasteiger partial charge in [-0.15, -0.1) is 0 Å². The van der Waals surface area contributed by atoms with E-state index in [-0.39, 0.29) is 6.09 Å². The molecule has 0 fully saturated rings. The zero-order valence-electron chi connectivity index (χ0n) is 15.3. The van der Waals surface area contributed by atoms with Crippen LogP contribution in [0.4, 0.5) is 4.79 Å². The molecule has 0 N–H and O–H groups in total. The third-order valence-corrected chi connectivity index (χ3v) is 4.37. The minimum absolute atomic E-state index is 0.338. The Kier molecular flexibility index (Phi) is 5.46. The van der Waals surface area contributed by atoms with Crippen LogP contribution in [0.25, 0.3) is 11.8 Å². The van der Waals surface area contributed by atoms with E-state index in [1.54, 1.807) is 19.1 Å². The Morgan fingerprint density at radius 3 is 2.46 bits per heavy atom. The lowest BCUT2D eigenvalue weighted by Gasteiger charge is -2.31. The normalized spacial score (nSPS) is 14.7. The molecule has 0 aliphatic carbocycles. The van der Waals surface area contributed by atoms with Crippen LogP contribution in [-0.4, -0.2) is 38.4 Å². The molecule has 1 amide bonds.